The lowest BCUT2D eigenvalue weighted by Gasteiger charge is -2.38. The van der Waals surface area contributed by atoms with Gasteiger partial charge in [-0.1, -0.05) is 18.2 Å². The summed E-state index contributed by atoms with van der Waals surface area (Å²) in [4.78, 5) is 27.4. The first kappa shape index (κ1) is 19.9. The SMILES string of the molecule is CN1CCN([C@H](CNC(=O)c2cccc([N+](=O)[O-])c2)c2ccc(F)cc2)CC1. The van der Waals surface area contributed by atoms with Crippen LogP contribution in [0.2, 0.25) is 0 Å². The summed E-state index contributed by atoms with van der Waals surface area (Å²) >= 11 is 0. The molecule has 0 bridgehead atoms. The highest BCUT2D eigenvalue weighted by atomic mass is 19.1. The molecule has 0 saturated carbocycles. The fraction of sp³-hybridized carbons (Fsp3) is 0.350. The molecule has 2 aromatic carbocycles. The molecule has 1 fully saturated rings. The highest BCUT2D eigenvalue weighted by Gasteiger charge is 2.25. The largest absolute Gasteiger partial charge is 0.350 e. The Labute approximate surface area is 162 Å². The molecule has 1 amide bonds. The van der Waals surface area contributed by atoms with Gasteiger partial charge in [-0.2, -0.15) is 0 Å². The number of piperazine rings is 1. The molecule has 1 aliphatic rings. The maximum Gasteiger partial charge on any atom is 0.270 e. The minimum atomic E-state index is -0.525. The third-order valence-corrected chi connectivity index (χ3v) is 5.01. The molecule has 28 heavy (non-hydrogen) atoms. The van der Waals surface area contributed by atoms with Gasteiger partial charge < -0.3 is 10.2 Å². The number of non-ortho nitro benzene ring substituents is 1. The second-order valence-electron chi connectivity index (χ2n) is 6.92. The van der Waals surface area contributed by atoms with Crippen molar-refractivity contribution in [2.75, 3.05) is 39.8 Å². The molecule has 0 aromatic heterocycles. The average molecular weight is 386 g/mol. The van der Waals surface area contributed by atoms with Crippen molar-refractivity contribution in [2.24, 2.45) is 0 Å². The third-order valence-electron chi connectivity index (χ3n) is 5.01. The number of hydrogen-bond donors (Lipinski definition) is 1. The summed E-state index contributed by atoms with van der Waals surface area (Å²) in [6.45, 7) is 3.83. The van der Waals surface area contributed by atoms with E-state index in [0.29, 0.717) is 6.54 Å². The summed E-state index contributed by atoms with van der Waals surface area (Å²) in [5, 5.41) is 13.8. The van der Waals surface area contributed by atoms with E-state index < -0.39 is 4.92 Å². The normalized spacial score (nSPS) is 16.5. The second-order valence-corrected chi connectivity index (χ2v) is 6.92. The molecule has 7 nitrogen and oxygen atoms in total. The molecule has 1 saturated heterocycles. The predicted molar refractivity (Wildman–Crippen MR) is 104 cm³/mol. The van der Waals surface area contributed by atoms with E-state index in [2.05, 4.69) is 22.2 Å². The molecule has 2 aromatic rings. The summed E-state index contributed by atoms with van der Waals surface area (Å²) in [5.41, 5.74) is 1.04. The van der Waals surface area contributed by atoms with Crippen molar-refractivity contribution in [2.45, 2.75) is 6.04 Å². The van der Waals surface area contributed by atoms with Crippen molar-refractivity contribution in [1.29, 1.82) is 0 Å². The van der Waals surface area contributed by atoms with Crippen LogP contribution < -0.4 is 5.32 Å². The van der Waals surface area contributed by atoms with Crippen LogP contribution in [0, 0.1) is 15.9 Å². The van der Waals surface area contributed by atoms with Crippen LogP contribution in [0.1, 0.15) is 22.0 Å². The minimum absolute atomic E-state index is 0.100. The molecule has 0 spiro atoms. The number of hydrogen-bond acceptors (Lipinski definition) is 5. The van der Waals surface area contributed by atoms with Crippen molar-refractivity contribution in [3.05, 3.63) is 75.6 Å². The van der Waals surface area contributed by atoms with Gasteiger partial charge in [-0.05, 0) is 30.8 Å². The first-order valence-corrected chi connectivity index (χ1v) is 9.15. The van der Waals surface area contributed by atoms with E-state index in [1.807, 2.05) is 0 Å². The van der Waals surface area contributed by atoms with Crippen LogP contribution >= 0.6 is 0 Å². The number of amides is 1. The van der Waals surface area contributed by atoms with Crippen LogP contribution in [0.25, 0.3) is 0 Å². The number of halogens is 1. The molecule has 1 aliphatic heterocycles. The van der Waals surface area contributed by atoms with Gasteiger partial charge in [0.15, 0.2) is 0 Å². The summed E-state index contributed by atoms with van der Waals surface area (Å²) in [5.74, 6) is -0.675. The van der Waals surface area contributed by atoms with Crippen LogP contribution in [0.4, 0.5) is 10.1 Å². The molecule has 8 heteroatoms. The van der Waals surface area contributed by atoms with Gasteiger partial charge in [-0.15, -0.1) is 0 Å². The fourth-order valence-corrected chi connectivity index (χ4v) is 3.33. The number of nitrogens with one attached hydrogen (secondary N) is 1. The van der Waals surface area contributed by atoms with Crippen molar-refractivity contribution >= 4 is 11.6 Å². The maximum atomic E-state index is 13.3. The summed E-state index contributed by atoms with van der Waals surface area (Å²) < 4.78 is 13.3. The predicted octanol–water partition coefficient (Wildman–Crippen LogP) is 2.45. The first-order chi connectivity index (χ1) is 13.4. The Bertz CT molecular complexity index is 836. The van der Waals surface area contributed by atoms with Crippen LogP contribution in [-0.2, 0) is 0 Å². The lowest BCUT2D eigenvalue weighted by Crippen LogP contribution is -2.48. The van der Waals surface area contributed by atoms with Gasteiger partial charge in [-0.3, -0.25) is 19.8 Å². The lowest BCUT2D eigenvalue weighted by molar-refractivity contribution is -0.384. The third kappa shape index (κ3) is 4.90. The molecule has 148 valence electrons. The van der Waals surface area contributed by atoms with Crippen molar-refractivity contribution in [1.82, 2.24) is 15.1 Å². The van der Waals surface area contributed by atoms with E-state index in [1.165, 1.54) is 30.3 Å². The molecular weight excluding hydrogens is 363 g/mol. The van der Waals surface area contributed by atoms with Gasteiger partial charge in [0.05, 0.1) is 11.0 Å². The Kier molecular flexibility index (Phi) is 6.33. The second kappa shape index (κ2) is 8.90. The molecule has 0 unspecified atom stereocenters. The van der Waals surface area contributed by atoms with E-state index in [4.69, 9.17) is 0 Å². The number of carbonyl (C=O) groups is 1. The summed E-state index contributed by atoms with van der Waals surface area (Å²) in [6.07, 6.45) is 0. The standard InChI is InChI=1S/C20H23FN4O3/c1-23-9-11-24(12-10-23)19(15-5-7-17(21)8-6-15)14-22-20(26)16-3-2-4-18(13-16)25(27)28/h2-8,13,19H,9-12,14H2,1H3,(H,22,26)/t19-/m1/s1. The Morgan fingerprint density at radius 1 is 1.18 bits per heavy atom. The number of rotatable bonds is 6. The highest BCUT2D eigenvalue weighted by Crippen LogP contribution is 2.22. The minimum Gasteiger partial charge on any atom is -0.350 e. The molecular formula is C20H23FN4O3. The average Bonchev–Trinajstić information content (AvgIpc) is 2.70. The van der Waals surface area contributed by atoms with Gasteiger partial charge in [-0.25, -0.2) is 4.39 Å². The summed E-state index contributed by atoms with van der Waals surface area (Å²) in [6, 6.07) is 11.9. The van der Waals surface area contributed by atoms with E-state index in [0.717, 1.165) is 31.7 Å². The number of nitrogens with zero attached hydrogens (tertiary/aromatic N) is 3. The van der Waals surface area contributed by atoms with Crippen LogP contribution in [0.5, 0.6) is 0 Å². The van der Waals surface area contributed by atoms with E-state index >= 15 is 0 Å². The van der Waals surface area contributed by atoms with Gasteiger partial charge in [0.25, 0.3) is 11.6 Å². The van der Waals surface area contributed by atoms with Crippen LogP contribution in [0.15, 0.2) is 48.5 Å². The van der Waals surface area contributed by atoms with Crippen LogP contribution in [0.3, 0.4) is 0 Å². The quantitative estimate of drug-likeness (QED) is 0.609. The molecule has 3 rings (SSSR count). The van der Waals surface area contributed by atoms with Gasteiger partial charge in [0.2, 0.25) is 0 Å². The van der Waals surface area contributed by atoms with Crippen LogP contribution in [-0.4, -0.2) is 60.4 Å². The topological polar surface area (TPSA) is 78.7 Å². The molecule has 1 heterocycles. The zero-order chi connectivity index (χ0) is 20.1. The number of nitro benzene ring substituents is 1. The lowest BCUT2D eigenvalue weighted by atomic mass is 10.0. The number of benzene rings is 2. The monoisotopic (exact) mass is 386 g/mol. The first-order valence-electron chi connectivity index (χ1n) is 9.15. The van der Waals surface area contributed by atoms with Crippen molar-refractivity contribution < 1.29 is 14.1 Å². The molecule has 0 aliphatic carbocycles. The molecule has 1 N–H and O–H groups in total. The zero-order valence-corrected chi connectivity index (χ0v) is 15.7. The number of carbonyl (C=O) groups excluding carboxylic acids is 1. The van der Waals surface area contributed by atoms with Gasteiger partial charge >= 0.3 is 0 Å². The zero-order valence-electron chi connectivity index (χ0n) is 15.7. The van der Waals surface area contributed by atoms with E-state index in [-0.39, 0.29) is 29.0 Å². The molecule has 1 atom stereocenters. The fourth-order valence-electron chi connectivity index (χ4n) is 3.33. The molecule has 0 radical (unpaired) electrons. The van der Waals surface area contributed by atoms with Gasteiger partial charge in [0.1, 0.15) is 5.82 Å². The van der Waals surface area contributed by atoms with E-state index in [9.17, 15) is 19.3 Å². The summed E-state index contributed by atoms with van der Waals surface area (Å²) in [7, 11) is 2.06. The maximum absolute atomic E-state index is 13.3. The van der Waals surface area contributed by atoms with Crippen molar-refractivity contribution in [3.63, 3.8) is 0 Å². The smallest absolute Gasteiger partial charge is 0.270 e. The number of likely N-dealkylation sites (N-methyl/N-ethyl adjacent to an activating group) is 1. The number of nitro groups is 1. The van der Waals surface area contributed by atoms with Crippen molar-refractivity contribution in [3.8, 4) is 0 Å². The Morgan fingerprint density at radius 2 is 1.86 bits per heavy atom. The Hall–Kier alpha value is -2.84. The Balaban J connectivity index is 1.74. The van der Waals surface area contributed by atoms with E-state index in [1.54, 1.807) is 18.2 Å². The van der Waals surface area contributed by atoms with Gasteiger partial charge in [0, 0.05) is 50.4 Å². The highest BCUT2D eigenvalue weighted by molar-refractivity contribution is 5.94. The Morgan fingerprint density at radius 3 is 2.50 bits per heavy atom.